The van der Waals surface area contributed by atoms with E-state index in [1.54, 1.807) is 24.4 Å². The summed E-state index contributed by atoms with van der Waals surface area (Å²) in [5.41, 5.74) is 3.26. The summed E-state index contributed by atoms with van der Waals surface area (Å²) in [5.74, 6) is -0.219. The Kier molecular flexibility index (Phi) is 6.96. The summed E-state index contributed by atoms with van der Waals surface area (Å²) in [6, 6.07) is 14.2. The number of aromatic nitrogens is 3. The molecule has 4 aromatic rings. The molecule has 33 heavy (non-hydrogen) atoms. The molecule has 168 valence electrons. The van der Waals surface area contributed by atoms with E-state index >= 15 is 0 Å². The number of hydrogen-bond acceptors (Lipinski definition) is 10. The minimum Gasteiger partial charge on any atom is -0.330 e. The Morgan fingerprint density at radius 2 is 1.94 bits per heavy atom. The first-order valence-corrected chi connectivity index (χ1v) is 12.3. The van der Waals surface area contributed by atoms with Crippen molar-refractivity contribution in [3.05, 3.63) is 69.6 Å². The second kappa shape index (κ2) is 10.1. The zero-order valence-electron chi connectivity index (χ0n) is 17.5. The van der Waals surface area contributed by atoms with Crippen LogP contribution in [0.2, 0.25) is 0 Å². The van der Waals surface area contributed by atoms with Crippen molar-refractivity contribution in [3.63, 3.8) is 0 Å². The van der Waals surface area contributed by atoms with Gasteiger partial charge in [-0.3, -0.25) is 14.9 Å². The van der Waals surface area contributed by atoms with Crippen LogP contribution in [-0.2, 0) is 4.79 Å². The van der Waals surface area contributed by atoms with Crippen LogP contribution in [-0.4, -0.2) is 31.3 Å². The summed E-state index contributed by atoms with van der Waals surface area (Å²) < 4.78 is 0.670. The maximum absolute atomic E-state index is 12.6. The number of carbonyl (C=O) groups excluding carboxylic acids is 1. The molecule has 0 radical (unpaired) electrons. The van der Waals surface area contributed by atoms with E-state index in [1.807, 2.05) is 31.2 Å². The Labute approximate surface area is 201 Å². The molecule has 0 fully saturated rings. The van der Waals surface area contributed by atoms with E-state index in [0.717, 1.165) is 5.69 Å². The van der Waals surface area contributed by atoms with Gasteiger partial charge in [-0.1, -0.05) is 52.9 Å². The van der Waals surface area contributed by atoms with Crippen molar-refractivity contribution in [1.82, 2.24) is 15.2 Å². The Bertz CT molecular complexity index is 1290. The van der Waals surface area contributed by atoms with E-state index in [2.05, 4.69) is 25.8 Å². The molecule has 2 N–H and O–H groups in total. The highest BCUT2D eigenvalue weighted by Gasteiger charge is 2.19. The molecule has 0 saturated heterocycles. The van der Waals surface area contributed by atoms with Gasteiger partial charge in [-0.25, -0.2) is 4.98 Å². The van der Waals surface area contributed by atoms with Gasteiger partial charge < -0.3 is 10.6 Å². The van der Waals surface area contributed by atoms with Crippen molar-refractivity contribution in [1.29, 1.82) is 0 Å². The topological polar surface area (TPSA) is 123 Å². The number of amides is 1. The fraction of sp³-hybridized carbons (Fsp3) is 0.143. The number of nitro benzene ring substituents is 1. The lowest BCUT2D eigenvalue weighted by molar-refractivity contribution is -0.384. The van der Waals surface area contributed by atoms with E-state index in [1.165, 1.54) is 52.1 Å². The third-order valence-electron chi connectivity index (χ3n) is 4.44. The predicted molar refractivity (Wildman–Crippen MR) is 133 cm³/mol. The fourth-order valence-electron chi connectivity index (χ4n) is 2.72. The smallest absolute Gasteiger partial charge is 0.270 e. The molecule has 2 aromatic carbocycles. The molecule has 0 aliphatic rings. The molecule has 0 unspecified atom stereocenters. The number of rotatable bonds is 8. The highest BCUT2D eigenvalue weighted by molar-refractivity contribution is 8.02. The number of non-ortho nitro benzene ring substituents is 1. The molecule has 2 aromatic heterocycles. The zero-order chi connectivity index (χ0) is 23.4. The van der Waals surface area contributed by atoms with E-state index in [4.69, 9.17) is 0 Å². The minimum absolute atomic E-state index is 0.00981. The van der Waals surface area contributed by atoms with Crippen molar-refractivity contribution >= 4 is 62.0 Å². The van der Waals surface area contributed by atoms with E-state index in [-0.39, 0.29) is 11.6 Å². The van der Waals surface area contributed by atoms with Crippen LogP contribution in [0.1, 0.15) is 12.5 Å². The van der Waals surface area contributed by atoms with Gasteiger partial charge in [0, 0.05) is 28.8 Å². The minimum atomic E-state index is -0.452. The average molecular weight is 499 g/mol. The molecule has 1 amide bonds. The SMILES string of the molecule is Cc1ccc(Nc2nnc(S[C@H](C)C(=O)Nc3nc(-c4cccc([N+](=O)[O-])c4)cs3)s2)cc1. The summed E-state index contributed by atoms with van der Waals surface area (Å²) in [6.45, 7) is 3.81. The normalized spacial score (nSPS) is 11.7. The summed E-state index contributed by atoms with van der Waals surface area (Å²) in [5, 5.41) is 27.7. The van der Waals surface area contributed by atoms with Gasteiger partial charge in [0.25, 0.3) is 5.69 Å². The van der Waals surface area contributed by atoms with Crippen LogP contribution in [0, 0.1) is 17.0 Å². The van der Waals surface area contributed by atoms with Gasteiger partial charge in [0.15, 0.2) is 9.47 Å². The van der Waals surface area contributed by atoms with Crippen LogP contribution in [0.15, 0.2) is 58.3 Å². The lowest BCUT2D eigenvalue weighted by Crippen LogP contribution is -2.22. The van der Waals surface area contributed by atoms with Crippen LogP contribution in [0.3, 0.4) is 0 Å². The van der Waals surface area contributed by atoms with Crippen LogP contribution >= 0.6 is 34.4 Å². The summed E-state index contributed by atoms with van der Waals surface area (Å²) in [7, 11) is 0. The van der Waals surface area contributed by atoms with E-state index in [0.29, 0.717) is 25.9 Å². The molecule has 0 saturated carbocycles. The van der Waals surface area contributed by atoms with Gasteiger partial charge in [-0.15, -0.1) is 21.5 Å². The molecule has 12 heteroatoms. The van der Waals surface area contributed by atoms with Crippen molar-refractivity contribution in [3.8, 4) is 11.3 Å². The van der Waals surface area contributed by atoms with Gasteiger partial charge in [0.2, 0.25) is 11.0 Å². The molecule has 0 aliphatic carbocycles. The maximum atomic E-state index is 12.6. The van der Waals surface area contributed by atoms with Crippen LogP contribution < -0.4 is 10.6 Å². The zero-order valence-corrected chi connectivity index (χ0v) is 20.0. The number of hydrogen-bond donors (Lipinski definition) is 2. The number of anilines is 3. The lowest BCUT2D eigenvalue weighted by Gasteiger charge is -2.07. The van der Waals surface area contributed by atoms with Gasteiger partial charge in [-0.05, 0) is 26.0 Å². The third kappa shape index (κ3) is 5.92. The molecule has 4 rings (SSSR count). The number of nitro groups is 1. The molecule has 1 atom stereocenters. The molecular weight excluding hydrogens is 480 g/mol. The number of aryl methyl sites for hydroxylation is 1. The Balaban J connectivity index is 1.35. The monoisotopic (exact) mass is 498 g/mol. The highest BCUT2D eigenvalue weighted by Crippen LogP contribution is 2.32. The molecular formula is C21H18N6O3S3. The van der Waals surface area contributed by atoms with Gasteiger partial charge in [0.1, 0.15) is 0 Å². The second-order valence-corrected chi connectivity index (χ2v) is 10.4. The Hall–Kier alpha value is -3.35. The van der Waals surface area contributed by atoms with Crippen LogP contribution in [0.5, 0.6) is 0 Å². The third-order valence-corrected chi connectivity index (χ3v) is 7.22. The Morgan fingerprint density at radius 1 is 1.15 bits per heavy atom. The number of nitrogens with one attached hydrogen (secondary N) is 2. The first-order chi connectivity index (χ1) is 15.9. The molecule has 0 bridgehead atoms. The fourth-order valence-corrected chi connectivity index (χ4v) is 5.36. The number of thiazole rings is 1. The maximum Gasteiger partial charge on any atom is 0.270 e. The Morgan fingerprint density at radius 3 is 2.70 bits per heavy atom. The standard InChI is InChI=1S/C21H18N6O3S3/c1-12-6-8-15(9-7-12)22-20-25-26-21(33-20)32-13(2)18(28)24-19-23-17(11-31-19)14-4-3-5-16(10-14)27(29)30/h3-11,13H,1-2H3,(H,22,25)(H,23,24,28)/t13-/m1/s1. The second-order valence-electron chi connectivity index (χ2n) is 6.96. The number of thioether (sulfide) groups is 1. The average Bonchev–Trinajstić information content (AvgIpc) is 3.45. The summed E-state index contributed by atoms with van der Waals surface area (Å²) in [6.07, 6.45) is 0. The van der Waals surface area contributed by atoms with Crippen molar-refractivity contribution in [2.45, 2.75) is 23.4 Å². The number of carbonyl (C=O) groups is 1. The van der Waals surface area contributed by atoms with Gasteiger partial charge in [0.05, 0.1) is 15.9 Å². The van der Waals surface area contributed by atoms with Crippen LogP contribution in [0.25, 0.3) is 11.3 Å². The number of nitrogens with zero attached hydrogens (tertiary/aromatic N) is 4. The first-order valence-electron chi connectivity index (χ1n) is 9.72. The van der Waals surface area contributed by atoms with E-state index < -0.39 is 10.2 Å². The van der Waals surface area contributed by atoms with Gasteiger partial charge in [-0.2, -0.15) is 0 Å². The summed E-state index contributed by atoms with van der Waals surface area (Å²) in [4.78, 5) is 27.5. The van der Waals surface area contributed by atoms with Crippen LogP contribution in [0.4, 0.5) is 21.6 Å². The van der Waals surface area contributed by atoms with Gasteiger partial charge >= 0.3 is 0 Å². The van der Waals surface area contributed by atoms with Crippen molar-refractivity contribution < 1.29 is 9.72 Å². The number of benzene rings is 2. The van der Waals surface area contributed by atoms with Crippen molar-refractivity contribution in [2.24, 2.45) is 0 Å². The molecule has 9 nitrogen and oxygen atoms in total. The molecule has 0 spiro atoms. The first kappa shape index (κ1) is 22.8. The quantitative estimate of drug-likeness (QED) is 0.179. The predicted octanol–water partition coefficient (Wildman–Crippen LogP) is 5.74. The highest BCUT2D eigenvalue weighted by atomic mass is 32.2. The van der Waals surface area contributed by atoms with E-state index in [9.17, 15) is 14.9 Å². The largest absolute Gasteiger partial charge is 0.330 e. The molecule has 0 aliphatic heterocycles. The molecule has 2 heterocycles. The lowest BCUT2D eigenvalue weighted by atomic mass is 10.1. The van der Waals surface area contributed by atoms with Crippen molar-refractivity contribution in [2.75, 3.05) is 10.6 Å². The summed E-state index contributed by atoms with van der Waals surface area (Å²) >= 11 is 3.94.